The van der Waals surface area contributed by atoms with Crippen molar-refractivity contribution in [3.63, 3.8) is 0 Å². The van der Waals surface area contributed by atoms with Crippen molar-refractivity contribution in [1.82, 2.24) is 5.32 Å². The Kier molecular flexibility index (Phi) is 2.01. The highest BCUT2D eigenvalue weighted by molar-refractivity contribution is 5.89. The number of carbonyl (C=O) groups excluding carboxylic acids is 1. The van der Waals surface area contributed by atoms with E-state index < -0.39 is 11.9 Å². The van der Waals surface area contributed by atoms with Crippen LogP contribution in [0.1, 0.15) is 32.6 Å². The normalized spacial score (nSPS) is 32.9. The minimum Gasteiger partial charge on any atom is -0.481 e. The smallest absolute Gasteiger partial charge is 0.307 e. The van der Waals surface area contributed by atoms with E-state index in [9.17, 15) is 9.59 Å². The van der Waals surface area contributed by atoms with Gasteiger partial charge in [0.1, 0.15) is 0 Å². The van der Waals surface area contributed by atoms with Crippen LogP contribution in [0, 0.1) is 11.8 Å². The Labute approximate surface area is 82.7 Å². The Morgan fingerprint density at radius 2 is 2.00 bits per heavy atom. The molecule has 0 spiro atoms. The number of carbonyl (C=O) groups is 2. The minimum absolute atomic E-state index is 0.0529. The van der Waals surface area contributed by atoms with Crippen molar-refractivity contribution >= 4 is 11.9 Å². The van der Waals surface area contributed by atoms with Gasteiger partial charge in [0.2, 0.25) is 5.91 Å². The summed E-state index contributed by atoms with van der Waals surface area (Å²) in [4.78, 5) is 22.1. The second kappa shape index (κ2) is 2.97. The molecule has 0 aromatic rings. The quantitative estimate of drug-likeness (QED) is 0.702. The molecule has 0 saturated heterocycles. The summed E-state index contributed by atoms with van der Waals surface area (Å²) in [5.41, 5.74) is -0.0529. The lowest BCUT2D eigenvalue weighted by Crippen LogP contribution is -2.51. The van der Waals surface area contributed by atoms with Gasteiger partial charge in [0, 0.05) is 5.54 Å². The second-order valence-electron chi connectivity index (χ2n) is 4.69. The Balaban J connectivity index is 1.83. The van der Waals surface area contributed by atoms with Crippen molar-refractivity contribution < 1.29 is 14.7 Å². The summed E-state index contributed by atoms with van der Waals surface area (Å²) in [6.07, 6.45) is 3.70. The van der Waals surface area contributed by atoms with E-state index in [4.69, 9.17) is 5.11 Å². The third-order valence-electron chi connectivity index (χ3n) is 3.33. The molecule has 0 unspecified atom stereocenters. The van der Waals surface area contributed by atoms with Crippen LogP contribution >= 0.6 is 0 Å². The molecule has 2 atom stereocenters. The number of hydrogen-bond donors (Lipinski definition) is 2. The summed E-state index contributed by atoms with van der Waals surface area (Å²) in [7, 11) is 0. The molecule has 2 rings (SSSR count). The molecular weight excluding hydrogens is 182 g/mol. The third-order valence-corrected chi connectivity index (χ3v) is 3.33. The van der Waals surface area contributed by atoms with E-state index in [0.29, 0.717) is 6.42 Å². The largest absolute Gasteiger partial charge is 0.481 e. The van der Waals surface area contributed by atoms with Crippen molar-refractivity contribution in [1.29, 1.82) is 0 Å². The SMILES string of the molecule is CC1(NC(=O)[C@@H]2C[C@@H]2C(=O)O)CCC1. The number of aliphatic carboxylic acids is 1. The Morgan fingerprint density at radius 1 is 1.36 bits per heavy atom. The molecule has 2 saturated carbocycles. The van der Waals surface area contributed by atoms with E-state index in [2.05, 4.69) is 5.32 Å². The van der Waals surface area contributed by atoms with Gasteiger partial charge in [-0.1, -0.05) is 0 Å². The molecule has 0 bridgehead atoms. The molecule has 4 heteroatoms. The molecule has 14 heavy (non-hydrogen) atoms. The van der Waals surface area contributed by atoms with Crippen molar-refractivity contribution in [2.75, 3.05) is 0 Å². The van der Waals surface area contributed by atoms with Gasteiger partial charge in [0.15, 0.2) is 0 Å². The first-order chi connectivity index (χ1) is 6.52. The Hall–Kier alpha value is -1.06. The summed E-state index contributed by atoms with van der Waals surface area (Å²) in [6.45, 7) is 2.02. The fourth-order valence-electron chi connectivity index (χ4n) is 1.98. The molecule has 0 aromatic carbocycles. The predicted octanol–water partition coefficient (Wildman–Crippen LogP) is 0.766. The molecular formula is C10H15NO3. The van der Waals surface area contributed by atoms with Crippen molar-refractivity contribution in [2.24, 2.45) is 11.8 Å². The molecule has 2 aliphatic rings. The van der Waals surface area contributed by atoms with Crippen molar-refractivity contribution in [3.05, 3.63) is 0 Å². The molecule has 4 nitrogen and oxygen atoms in total. The van der Waals surface area contributed by atoms with Gasteiger partial charge in [-0.3, -0.25) is 9.59 Å². The zero-order valence-corrected chi connectivity index (χ0v) is 8.25. The summed E-state index contributed by atoms with van der Waals surface area (Å²) in [5.74, 6) is -1.62. The molecule has 0 radical (unpaired) electrons. The van der Waals surface area contributed by atoms with Gasteiger partial charge in [0.05, 0.1) is 11.8 Å². The molecule has 2 aliphatic carbocycles. The fraction of sp³-hybridized carbons (Fsp3) is 0.800. The standard InChI is InChI=1S/C10H15NO3/c1-10(3-2-4-10)11-8(12)6-5-7(6)9(13)14/h6-7H,2-5H2,1H3,(H,11,12)(H,13,14)/t6-,7+/m1/s1. The summed E-state index contributed by atoms with van der Waals surface area (Å²) in [5, 5.41) is 11.6. The topological polar surface area (TPSA) is 66.4 Å². The Morgan fingerprint density at radius 3 is 2.36 bits per heavy atom. The van der Waals surface area contributed by atoms with Crippen LogP contribution < -0.4 is 5.32 Å². The Bertz CT molecular complexity index is 283. The van der Waals surface area contributed by atoms with Crippen molar-refractivity contribution in [2.45, 2.75) is 38.1 Å². The highest BCUT2D eigenvalue weighted by Crippen LogP contribution is 2.40. The zero-order valence-electron chi connectivity index (χ0n) is 8.25. The molecule has 0 aromatic heterocycles. The van der Waals surface area contributed by atoms with E-state index >= 15 is 0 Å². The van der Waals surface area contributed by atoms with Crippen LogP contribution in [-0.4, -0.2) is 22.5 Å². The average molecular weight is 197 g/mol. The molecule has 78 valence electrons. The number of hydrogen-bond acceptors (Lipinski definition) is 2. The maximum Gasteiger partial charge on any atom is 0.307 e. The predicted molar refractivity (Wildman–Crippen MR) is 49.6 cm³/mol. The number of nitrogens with one attached hydrogen (secondary N) is 1. The molecule has 2 N–H and O–H groups in total. The van der Waals surface area contributed by atoms with E-state index in [-0.39, 0.29) is 17.4 Å². The van der Waals surface area contributed by atoms with Crippen LogP contribution in [0.25, 0.3) is 0 Å². The summed E-state index contributed by atoms with van der Waals surface area (Å²) >= 11 is 0. The van der Waals surface area contributed by atoms with Gasteiger partial charge >= 0.3 is 5.97 Å². The van der Waals surface area contributed by atoms with Gasteiger partial charge in [-0.25, -0.2) is 0 Å². The highest BCUT2D eigenvalue weighted by Gasteiger charge is 2.50. The van der Waals surface area contributed by atoms with Gasteiger partial charge < -0.3 is 10.4 Å². The van der Waals surface area contributed by atoms with E-state index in [1.807, 2.05) is 6.92 Å². The fourth-order valence-corrected chi connectivity index (χ4v) is 1.98. The van der Waals surface area contributed by atoms with Gasteiger partial charge in [0.25, 0.3) is 0 Å². The van der Waals surface area contributed by atoms with Crippen LogP contribution in [0.3, 0.4) is 0 Å². The van der Waals surface area contributed by atoms with Crippen molar-refractivity contribution in [3.8, 4) is 0 Å². The minimum atomic E-state index is -0.844. The molecule has 2 fully saturated rings. The van der Waals surface area contributed by atoms with Crippen LogP contribution in [-0.2, 0) is 9.59 Å². The monoisotopic (exact) mass is 197 g/mol. The number of carboxylic acid groups (broad SMARTS) is 1. The van der Waals surface area contributed by atoms with E-state index in [1.54, 1.807) is 0 Å². The maximum atomic E-state index is 11.6. The van der Waals surface area contributed by atoms with Crippen LogP contribution in [0.2, 0.25) is 0 Å². The summed E-state index contributed by atoms with van der Waals surface area (Å²) in [6, 6.07) is 0. The van der Waals surface area contributed by atoms with Gasteiger partial charge in [-0.15, -0.1) is 0 Å². The number of rotatable bonds is 3. The zero-order chi connectivity index (χ0) is 10.3. The van der Waals surface area contributed by atoms with Crippen LogP contribution in [0.5, 0.6) is 0 Å². The molecule has 1 amide bonds. The lowest BCUT2D eigenvalue weighted by atomic mass is 9.78. The average Bonchev–Trinajstić information content (AvgIpc) is 2.79. The van der Waals surface area contributed by atoms with Gasteiger partial charge in [-0.2, -0.15) is 0 Å². The van der Waals surface area contributed by atoms with Crippen LogP contribution in [0.15, 0.2) is 0 Å². The molecule has 0 aliphatic heterocycles. The maximum absolute atomic E-state index is 11.6. The van der Waals surface area contributed by atoms with Gasteiger partial charge in [-0.05, 0) is 32.6 Å². The number of amides is 1. The first-order valence-corrected chi connectivity index (χ1v) is 5.07. The first-order valence-electron chi connectivity index (χ1n) is 5.07. The first kappa shape index (κ1) is 9.49. The third kappa shape index (κ3) is 1.61. The number of carboxylic acids is 1. The lowest BCUT2D eigenvalue weighted by Gasteiger charge is -2.39. The van der Waals surface area contributed by atoms with E-state index in [1.165, 1.54) is 0 Å². The van der Waals surface area contributed by atoms with E-state index in [0.717, 1.165) is 19.3 Å². The summed E-state index contributed by atoms with van der Waals surface area (Å²) < 4.78 is 0. The van der Waals surface area contributed by atoms with Crippen LogP contribution in [0.4, 0.5) is 0 Å². The second-order valence-corrected chi connectivity index (χ2v) is 4.69. The highest BCUT2D eigenvalue weighted by atomic mass is 16.4. The lowest BCUT2D eigenvalue weighted by molar-refractivity contribution is -0.140. The molecule has 0 heterocycles.